The molecule has 1 saturated heterocycles. The van der Waals surface area contributed by atoms with Crippen LogP contribution in [0.2, 0.25) is 0 Å². The molecule has 114 valence electrons. The molecule has 0 aromatic heterocycles. The molecule has 0 bridgehead atoms. The van der Waals surface area contributed by atoms with E-state index in [0.717, 1.165) is 0 Å². The lowest BCUT2D eigenvalue weighted by atomic mass is 10.2. The van der Waals surface area contributed by atoms with E-state index in [0.29, 0.717) is 29.6 Å². The van der Waals surface area contributed by atoms with Gasteiger partial charge in [-0.3, -0.25) is 4.79 Å². The van der Waals surface area contributed by atoms with Crippen molar-refractivity contribution in [2.45, 2.75) is 31.9 Å². The van der Waals surface area contributed by atoms with E-state index < -0.39 is 23.9 Å². The second-order valence-corrected chi connectivity index (χ2v) is 5.72. The van der Waals surface area contributed by atoms with Crippen LogP contribution >= 0.6 is 15.9 Å². The Bertz CT molecular complexity index is 566. The summed E-state index contributed by atoms with van der Waals surface area (Å²) in [6.45, 7) is 1.96. The van der Waals surface area contributed by atoms with Gasteiger partial charge in [-0.15, -0.1) is 0 Å². The summed E-state index contributed by atoms with van der Waals surface area (Å²) < 4.78 is 18.9. The highest BCUT2D eigenvalue weighted by atomic mass is 79.9. The molecule has 0 saturated carbocycles. The SMILES string of the molecule is CC(Oc1ccc(F)cc1Br)C(=O)N1CCC[C@@H]1C(=O)O. The van der Waals surface area contributed by atoms with Crippen molar-refractivity contribution >= 4 is 27.8 Å². The zero-order chi connectivity index (χ0) is 15.6. The molecule has 1 aromatic carbocycles. The zero-order valence-corrected chi connectivity index (χ0v) is 13.0. The summed E-state index contributed by atoms with van der Waals surface area (Å²) in [6, 6.07) is 3.09. The first-order valence-corrected chi connectivity index (χ1v) is 7.34. The highest BCUT2D eigenvalue weighted by Gasteiger charge is 2.36. The Morgan fingerprint density at radius 1 is 1.52 bits per heavy atom. The molecule has 1 aromatic rings. The number of hydrogen-bond acceptors (Lipinski definition) is 3. The van der Waals surface area contributed by atoms with Crippen LogP contribution in [-0.4, -0.2) is 40.6 Å². The molecule has 5 nitrogen and oxygen atoms in total. The van der Waals surface area contributed by atoms with Crippen LogP contribution in [0.4, 0.5) is 4.39 Å². The van der Waals surface area contributed by atoms with Gasteiger partial charge in [0.2, 0.25) is 0 Å². The first-order chi connectivity index (χ1) is 9.90. The highest BCUT2D eigenvalue weighted by molar-refractivity contribution is 9.10. The Kier molecular flexibility index (Phi) is 4.82. The predicted molar refractivity (Wildman–Crippen MR) is 76.6 cm³/mol. The summed E-state index contributed by atoms with van der Waals surface area (Å²) in [4.78, 5) is 24.7. The lowest BCUT2D eigenvalue weighted by Crippen LogP contribution is -2.46. The number of carboxylic acids is 1. The second kappa shape index (κ2) is 6.43. The van der Waals surface area contributed by atoms with E-state index >= 15 is 0 Å². The van der Waals surface area contributed by atoms with Crippen molar-refractivity contribution in [3.8, 4) is 5.75 Å². The molecule has 2 rings (SSSR count). The third-order valence-electron chi connectivity index (χ3n) is 3.37. The van der Waals surface area contributed by atoms with Gasteiger partial charge in [0.1, 0.15) is 17.6 Å². The fourth-order valence-corrected chi connectivity index (χ4v) is 2.78. The molecule has 1 aliphatic heterocycles. The van der Waals surface area contributed by atoms with E-state index in [9.17, 15) is 14.0 Å². The number of nitrogens with zero attached hydrogens (tertiary/aromatic N) is 1. The molecule has 2 atom stereocenters. The Morgan fingerprint density at radius 2 is 2.24 bits per heavy atom. The monoisotopic (exact) mass is 359 g/mol. The van der Waals surface area contributed by atoms with E-state index in [-0.39, 0.29) is 5.91 Å². The Morgan fingerprint density at radius 3 is 2.86 bits per heavy atom. The molecule has 1 heterocycles. The lowest BCUT2D eigenvalue weighted by molar-refractivity contribution is -0.150. The molecule has 7 heteroatoms. The van der Waals surface area contributed by atoms with Gasteiger partial charge in [-0.1, -0.05) is 0 Å². The van der Waals surface area contributed by atoms with Crippen molar-refractivity contribution in [1.29, 1.82) is 0 Å². The van der Waals surface area contributed by atoms with Crippen molar-refractivity contribution in [1.82, 2.24) is 4.90 Å². The average Bonchev–Trinajstić information content (AvgIpc) is 2.90. The van der Waals surface area contributed by atoms with Crippen LogP contribution in [0.1, 0.15) is 19.8 Å². The van der Waals surface area contributed by atoms with E-state index in [1.54, 1.807) is 6.92 Å². The lowest BCUT2D eigenvalue weighted by Gasteiger charge is -2.25. The van der Waals surface area contributed by atoms with Gasteiger partial charge in [0.15, 0.2) is 6.10 Å². The topological polar surface area (TPSA) is 66.8 Å². The summed E-state index contributed by atoms with van der Waals surface area (Å²) in [7, 11) is 0. The molecular formula is C14H15BrFNO4. The molecule has 0 radical (unpaired) electrons. The number of carbonyl (C=O) groups excluding carboxylic acids is 1. The summed E-state index contributed by atoms with van der Waals surface area (Å²) in [5, 5.41) is 9.09. The van der Waals surface area contributed by atoms with Gasteiger partial charge >= 0.3 is 5.97 Å². The normalized spacial score (nSPS) is 19.4. The molecular weight excluding hydrogens is 345 g/mol. The van der Waals surface area contributed by atoms with Crippen molar-refractivity contribution < 1.29 is 23.8 Å². The third-order valence-corrected chi connectivity index (χ3v) is 3.99. The highest BCUT2D eigenvalue weighted by Crippen LogP contribution is 2.27. The van der Waals surface area contributed by atoms with Crippen molar-refractivity contribution in [3.63, 3.8) is 0 Å². The summed E-state index contributed by atoms with van der Waals surface area (Å²) in [5.41, 5.74) is 0. The first kappa shape index (κ1) is 15.8. The van der Waals surface area contributed by atoms with Gasteiger partial charge in [0.25, 0.3) is 5.91 Å². The predicted octanol–water partition coefficient (Wildman–Crippen LogP) is 2.43. The van der Waals surface area contributed by atoms with Crippen molar-refractivity contribution in [2.75, 3.05) is 6.54 Å². The maximum absolute atomic E-state index is 13.0. The third kappa shape index (κ3) is 3.53. The standard InChI is InChI=1S/C14H15BrFNO4/c1-8(21-12-5-4-9(16)7-10(12)15)13(18)17-6-2-3-11(17)14(19)20/h4-5,7-8,11H,2-3,6H2,1H3,(H,19,20)/t8?,11-/m1/s1. The minimum absolute atomic E-state index is 0.336. The van der Waals surface area contributed by atoms with E-state index in [4.69, 9.17) is 9.84 Å². The number of aliphatic carboxylic acids is 1. The number of carbonyl (C=O) groups is 2. The van der Waals surface area contributed by atoms with Crippen LogP contribution in [0.25, 0.3) is 0 Å². The van der Waals surface area contributed by atoms with E-state index in [1.165, 1.54) is 23.1 Å². The summed E-state index contributed by atoms with van der Waals surface area (Å²) >= 11 is 3.16. The second-order valence-electron chi connectivity index (χ2n) is 4.86. The number of carboxylic acid groups (broad SMARTS) is 1. The Balaban J connectivity index is 2.07. The first-order valence-electron chi connectivity index (χ1n) is 6.55. The molecule has 1 amide bonds. The molecule has 1 aliphatic rings. The number of halogens is 2. The van der Waals surface area contributed by atoms with Gasteiger partial charge in [-0.05, 0) is 53.9 Å². The zero-order valence-electron chi connectivity index (χ0n) is 11.4. The largest absolute Gasteiger partial charge is 0.480 e. The van der Waals surface area contributed by atoms with Crippen LogP contribution < -0.4 is 4.74 Å². The molecule has 0 spiro atoms. The maximum Gasteiger partial charge on any atom is 0.326 e. The Hall–Kier alpha value is -1.63. The van der Waals surface area contributed by atoms with Crippen LogP contribution in [0.3, 0.4) is 0 Å². The van der Waals surface area contributed by atoms with Crippen LogP contribution in [0, 0.1) is 5.82 Å². The van der Waals surface area contributed by atoms with E-state index in [2.05, 4.69) is 15.9 Å². The fourth-order valence-electron chi connectivity index (χ4n) is 2.33. The van der Waals surface area contributed by atoms with Crippen molar-refractivity contribution in [3.05, 3.63) is 28.5 Å². The van der Waals surface area contributed by atoms with Crippen LogP contribution in [0.15, 0.2) is 22.7 Å². The molecule has 1 unspecified atom stereocenters. The number of amides is 1. The van der Waals surface area contributed by atoms with Gasteiger partial charge in [0.05, 0.1) is 4.47 Å². The summed E-state index contributed by atoms with van der Waals surface area (Å²) in [6.07, 6.45) is 0.274. The van der Waals surface area contributed by atoms with Crippen LogP contribution in [0.5, 0.6) is 5.75 Å². The van der Waals surface area contributed by atoms with Crippen molar-refractivity contribution in [2.24, 2.45) is 0 Å². The maximum atomic E-state index is 13.0. The molecule has 21 heavy (non-hydrogen) atoms. The molecule has 0 aliphatic carbocycles. The number of rotatable bonds is 4. The van der Waals surface area contributed by atoms with E-state index in [1.807, 2.05) is 0 Å². The van der Waals surface area contributed by atoms with Gasteiger partial charge < -0.3 is 14.7 Å². The quantitative estimate of drug-likeness (QED) is 0.896. The van der Waals surface area contributed by atoms with Gasteiger partial charge in [-0.2, -0.15) is 0 Å². The number of benzene rings is 1. The summed E-state index contributed by atoms with van der Waals surface area (Å²) in [5.74, 6) is -1.46. The smallest absolute Gasteiger partial charge is 0.326 e. The van der Waals surface area contributed by atoms with Gasteiger partial charge in [0, 0.05) is 6.54 Å². The minimum Gasteiger partial charge on any atom is -0.480 e. The number of likely N-dealkylation sites (tertiary alicyclic amines) is 1. The van der Waals surface area contributed by atoms with Gasteiger partial charge in [-0.25, -0.2) is 9.18 Å². The minimum atomic E-state index is -1.00. The number of ether oxygens (including phenoxy) is 1. The van der Waals surface area contributed by atoms with Crippen LogP contribution in [-0.2, 0) is 9.59 Å². The fraction of sp³-hybridized carbons (Fsp3) is 0.429. The average molecular weight is 360 g/mol. The Labute approximate surface area is 129 Å². The molecule has 1 fully saturated rings. The number of hydrogen-bond donors (Lipinski definition) is 1. The molecule has 1 N–H and O–H groups in total.